The van der Waals surface area contributed by atoms with Crippen molar-refractivity contribution in [2.24, 2.45) is 0 Å². The molecule has 182 valence electrons. The van der Waals surface area contributed by atoms with Gasteiger partial charge in [-0.05, 0) is 68.5 Å². The third-order valence-electron chi connectivity index (χ3n) is 6.64. The minimum Gasteiger partial charge on any atom is -0.387 e. The molecule has 3 unspecified atom stereocenters. The lowest BCUT2D eigenvalue weighted by atomic mass is 9.93. The largest absolute Gasteiger partial charge is 0.387 e. The molecule has 0 saturated carbocycles. The molecule has 0 amide bonds. The van der Waals surface area contributed by atoms with Crippen molar-refractivity contribution >= 4 is 22.6 Å². The second-order valence-corrected chi connectivity index (χ2v) is 9.34. The molecule has 1 saturated heterocycles. The van der Waals surface area contributed by atoms with Crippen LogP contribution in [0.25, 0.3) is 11.0 Å². The van der Waals surface area contributed by atoms with E-state index >= 15 is 0 Å². The number of aromatic nitrogens is 3. The molecule has 0 aliphatic carbocycles. The number of aryl methyl sites for hydroxylation is 1. The van der Waals surface area contributed by atoms with E-state index in [1.807, 2.05) is 61.5 Å². The number of aliphatic hydroxyl groups is 1. The Bertz CT molecular complexity index is 1280. The van der Waals surface area contributed by atoms with Gasteiger partial charge in [0.2, 0.25) is 11.6 Å². The van der Waals surface area contributed by atoms with Gasteiger partial charge in [0, 0.05) is 41.6 Å². The first-order valence-electron chi connectivity index (χ1n) is 12.0. The van der Waals surface area contributed by atoms with Gasteiger partial charge in [0.15, 0.2) is 0 Å². The van der Waals surface area contributed by atoms with Crippen LogP contribution in [0.3, 0.4) is 0 Å². The SMILES string of the molecule is CC(=CC=CCC(C)c1cnc2[nH]ccc2c1)N1CC(=O)C(=O)CC1CC(O)c1cccc(C)n1. The Hall–Kier alpha value is -3.58. The van der Waals surface area contributed by atoms with Crippen molar-refractivity contribution in [2.75, 3.05) is 6.54 Å². The van der Waals surface area contributed by atoms with E-state index in [2.05, 4.69) is 34.0 Å². The summed E-state index contributed by atoms with van der Waals surface area (Å²) >= 11 is 0. The van der Waals surface area contributed by atoms with Crippen LogP contribution in [0.1, 0.15) is 62.1 Å². The number of rotatable bonds is 8. The maximum atomic E-state index is 12.2. The first kappa shape index (κ1) is 24.5. The van der Waals surface area contributed by atoms with Crippen molar-refractivity contribution in [3.63, 3.8) is 0 Å². The third kappa shape index (κ3) is 5.92. The van der Waals surface area contributed by atoms with Crippen LogP contribution in [0.15, 0.2) is 66.7 Å². The molecule has 4 heterocycles. The third-order valence-corrected chi connectivity index (χ3v) is 6.64. The number of ketones is 2. The average molecular weight is 473 g/mol. The van der Waals surface area contributed by atoms with Crippen LogP contribution in [0.2, 0.25) is 0 Å². The highest BCUT2D eigenvalue weighted by Crippen LogP contribution is 2.27. The number of likely N-dealkylation sites (tertiary alicyclic amines) is 1. The fourth-order valence-corrected chi connectivity index (χ4v) is 4.51. The Balaban J connectivity index is 1.41. The molecule has 0 bridgehead atoms. The highest BCUT2D eigenvalue weighted by Gasteiger charge is 2.34. The van der Waals surface area contributed by atoms with Gasteiger partial charge in [0.25, 0.3) is 0 Å². The second kappa shape index (κ2) is 10.8. The highest BCUT2D eigenvalue weighted by molar-refractivity contribution is 6.38. The van der Waals surface area contributed by atoms with Crippen LogP contribution in [-0.4, -0.2) is 49.1 Å². The molecule has 7 heteroatoms. The summed E-state index contributed by atoms with van der Waals surface area (Å²) in [5.41, 5.74) is 4.37. The lowest BCUT2D eigenvalue weighted by Crippen LogP contribution is -2.47. The summed E-state index contributed by atoms with van der Waals surface area (Å²) in [7, 11) is 0. The molecule has 0 radical (unpaired) electrons. The number of nitrogens with zero attached hydrogens (tertiary/aromatic N) is 3. The molecule has 4 rings (SSSR count). The number of nitrogens with one attached hydrogen (secondary N) is 1. The standard InChI is InChI=1S/C28H32N4O3/c1-18(22-13-21-11-12-29-28(21)30-16-22)7-4-5-9-20(3)32-17-27(35)26(34)15-23(32)14-25(33)24-10-6-8-19(2)31-24/h4-6,8-13,16,18,23,25,33H,7,14-15,17H2,1-3H3,(H,29,30). The molecule has 0 spiro atoms. The van der Waals surface area contributed by atoms with Gasteiger partial charge in [-0.25, -0.2) is 4.98 Å². The molecule has 3 aromatic rings. The molecule has 0 aromatic carbocycles. The predicted molar refractivity (Wildman–Crippen MR) is 136 cm³/mol. The zero-order valence-corrected chi connectivity index (χ0v) is 20.4. The van der Waals surface area contributed by atoms with Crippen molar-refractivity contribution in [1.82, 2.24) is 19.9 Å². The lowest BCUT2D eigenvalue weighted by Gasteiger charge is -2.37. The van der Waals surface area contributed by atoms with Crippen LogP contribution in [0, 0.1) is 6.92 Å². The van der Waals surface area contributed by atoms with E-state index in [4.69, 9.17) is 0 Å². The number of allylic oxidation sites excluding steroid dienone is 4. The quantitative estimate of drug-likeness (QED) is 0.368. The number of pyridine rings is 2. The fraction of sp³-hybridized carbons (Fsp3) is 0.357. The van der Waals surface area contributed by atoms with E-state index in [0.29, 0.717) is 18.0 Å². The average Bonchev–Trinajstić information content (AvgIpc) is 3.31. The summed E-state index contributed by atoms with van der Waals surface area (Å²) < 4.78 is 0. The molecule has 1 aliphatic rings. The minimum atomic E-state index is -0.807. The van der Waals surface area contributed by atoms with Crippen molar-refractivity contribution in [1.29, 1.82) is 0 Å². The zero-order chi connectivity index (χ0) is 24.9. The minimum absolute atomic E-state index is 0.0341. The van der Waals surface area contributed by atoms with E-state index in [-0.39, 0.29) is 30.6 Å². The number of hydrogen-bond donors (Lipinski definition) is 2. The van der Waals surface area contributed by atoms with E-state index in [0.717, 1.165) is 28.8 Å². The molecule has 3 atom stereocenters. The molecule has 2 N–H and O–H groups in total. The van der Waals surface area contributed by atoms with Gasteiger partial charge in [0.1, 0.15) is 5.65 Å². The highest BCUT2D eigenvalue weighted by atomic mass is 16.3. The van der Waals surface area contributed by atoms with Crippen LogP contribution in [0.4, 0.5) is 0 Å². The van der Waals surface area contributed by atoms with Crippen LogP contribution in [-0.2, 0) is 9.59 Å². The number of carbonyl (C=O) groups excluding carboxylic acids is 2. The van der Waals surface area contributed by atoms with Crippen molar-refractivity contribution in [3.8, 4) is 0 Å². The maximum Gasteiger partial charge on any atom is 0.217 e. The summed E-state index contributed by atoms with van der Waals surface area (Å²) in [5, 5.41) is 11.9. The van der Waals surface area contributed by atoms with Gasteiger partial charge >= 0.3 is 0 Å². The van der Waals surface area contributed by atoms with Crippen LogP contribution in [0.5, 0.6) is 0 Å². The number of H-pyrrole nitrogens is 1. The number of carbonyl (C=O) groups is 2. The topological polar surface area (TPSA) is 99.2 Å². The number of aromatic amines is 1. The Labute approximate surface area is 205 Å². The number of fused-ring (bicyclic) bond motifs is 1. The van der Waals surface area contributed by atoms with Crippen LogP contribution >= 0.6 is 0 Å². The van der Waals surface area contributed by atoms with Crippen molar-refractivity contribution < 1.29 is 14.7 Å². The van der Waals surface area contributed by atoms with Gasteiger partial charge in [-0.1, -0.05) is 25.1 Å². The number of Topliss-reactive ketones (excluding diaryl/α,β-unsaturated/α-hetero) is 2. The Morgan fingerprint density at radius 1 is 1.29 bits per heavy atom. The molecular weight excluding hydrogens is 440 g/mol. The molecule has 3 aromatic heterocycles. The maximum absolute atomic E-state index is 12.2. The smallest absolute Gasteiger partial charge is 0.217 e. The summed E-state index contributed by atoms with van der Waals surface area (Å²) in [4.78, 5) is 38.3. The Morgan fingerprint density at radius 3 is 2.91 bits per heavy atom. The number of hydrogen-bond acceptors (Lipinski definition) is 6. The molecule has 1 fully saturated rings. The second-order valence-electron chi connectivity index (χ2n) is 9.34. The molecular formula is C28H32N4O3. The summed E-state index contributed by atoms with van der Waals surface area (Å²) in [6, 6.07) is 9.44. The molecule has 35 heavy (non-hydrogen) atoms. The van der Waals surface area contributed by atoms with E-state index in [1.165, 1.54) is 5.56 Å². The first-order chi connectivity index (χ1) is 16.8. The van der Waals surface area contributed by atoms with Crippen molar-refractivity contribution in [2.45, 2.75) is 58.1 Å². The Kier molecular flexibility index (Phi) is 7.56. The van der Waals surface area contributed by atoms with Crippen molar-refractivity contribution in [3.05, 3.63) is 83.6 Å². The van der Waals surface area contributed by atoms with Gasteiger partial charge in [-0.15, -0.1) is 0 Å². The number of aliphatic hydroxyl groups excluding tert-OH is 1. The van der Waals surface area contributed by atoms with Gasteiger partial charge in [-0.3, -0.25) is 14.6 Å². The normalized spacial score (nSPS) is 19.0. The van der Waals surface area contributed by atoms with Crippen LogP contribution < -0.4 is 0 Å². The molecule has 1 aliphatic heterocycles. The predicted octanol–water partition coefficient (Wildman–Crippen LogP) is 4.56. The summed E-state index contributed by atoms with van der Waals surface area (Å²) in [6.45, 7) is 6.01. The van der Waals surface area contributed by atoms with Gasteiger partial charge < -0.3 is 15.0 Å². The van der Waals surface area contributed by atoms with Gasteiger partial charge in [-0.2, -0.15) is 0 Å². The summed E-state index contributed by atoms with van der Waals surface area (Å²) in [6.07, 6.45) is 10.3. The van der Waals surface area contributed by atoms with E-state index < -0.39 is 6.10 Å². The number of piperidine rings is 1. The summed E-state index contributed by atoms with van der Waals surface area (Å²) in [5.74, 6) is -0.450. The van der Waals surface area contributed by atoms with Gasteiger partial charge in [0.05, 0.1) is 18.3 Å². The Morgan fingerprint density at radius 2 is 2.11 bits per heavy atom. The van der Waals surface area contributed by atoms with E-state index in [1.54, 1.807) is 6.07 Å². The van der Waals surface area contributed by atoms with E-state index in [9.17, 15) is 14.7 Å². The fourth-order valence-electron chi connectivity index (χ4n) is 4.51. The zero-order valence-electron chi connectivity index (χ0n) is 20.4. The first-order valence-corrected chi connectivity index (χ1v) is 12.0. The monoisotopic (exact) mass is 472 g/mol. The lowest BCUT2D eigenvalue weighted by molar-refractivity contribution is -0.141. The molecule has 7 nitrogen and oxygen atoms in total.